The Bertz CT molecular complexity index is 436. The first-order valence-electron chi connectivity index (χ1n) is 7.13. The predicted octanol–water partition coefficient (Wildman–Crippen LogP) is 2.02. The summed E-state index contributed by atoms with van der Waals surface area (Å²) in [5, 5.41) is 3.70. The summed E-state index contributed by atoms with van der Waals surface area (Å²) in [4.78, 5) is 14.0. The van der Waals surface area contributed by atoms with E-state index in [1.807, 2.05) is 24.3 Å². The fourth-order valence-electron chi connectivity index (χ4n) is 2.07. The fraction of sp³-hybridized carbons (Fsp3) is 0.533. The molecule has 1 heterocycles. The number of nitrogens with one attached hydrogen (secondary N) is 1. The minimum Gasteiger partial charge on any atom is -0.379 e. The van der Waals surface area contributed by atoms with Crippen LogP contribution in [0.1, 0.15) is 5.56 Å². The van der Waals surface area contributed by atoms with E-state index in [1.165, 1.54) is 5.56 Å². The lowest BCUT2D eigenvalue weighted by Crippen LogP contribution is -2.41. The molecule has 1 aliphatic rings. The topological polar surface area (TPSA) is 41.6 Å². The number of morpholine rings is 1. The van der Waals surface area contributed by atoms with Crippen LogP contribution in [0.15, 0.2) is 24.3 Å². The third-order valence-electron chi connectivity index (χ3n) is 3.27. The summed E-state index contributed by atoms with van der Waals surface area (Å²) in [6, 6.07) is 7.73. The SMILES string of the molecule is O=C(CSCc1ccc(Cl)cc1)NCCN1CCOCC1. The molecule has 0 aromatic heterocycles. The van der Waals surface area contributed by atoms with Gasteiger partial charge in [-0.2, -0.15) is 0 Å². The Hall–Kier alpha value is -0.750. The molecular weight excluding hydrogens is 308 g/mol. The second-order valence-corrected chi connectivity index (χ2v) is 6.35. The van der Waals surface area contributed by atoms with Crippen molar-refractivity contribution in [1.82, 2.24) is 10.2 Å². The van der Waals surface area contributed by atoms with E-state index in [9.17, 15) is 4.79 Å². The molecule has 1 amide bonds. The Morgan fingerprint density at radius 1 is 1.29 bits per heavy atom. The summed E-state index contributed by atoms with van der Waals surface area (Å²) in [5.74, 6) is 1.42. The standard InChI is InChI=1S/C15H21ClN2O2S/c16-14-3-1-13(2-4-14)11-21-12-15(19)17-5-6-18-7-9-20-10-8-18/h1-4H,5-12H2,(H,17,19). The van der Waals surface area contributed by atoms with Gasteiger partial charge in [-0.25, -0.2) is 0 Å². The summed E-state index contributed by atoms with van der Waals surface area (Å²) in [5.41, 5.74) is 1.19. The molecule has 4 nitrogen and oxygen atoms in total. The van der Waals surface area contributed by atoms with Crippen molar-refractivity contribution in [2.75, 3.05) is 45.1 Å². The summed E-state index contributed by atoms with van der Waals surface area (Å²) in [7, 11) is 0. The van der Waals surface area contributed by atoms with E-state index >= 15 is 0 Å². The van der Waals surface area contributed by atoms with Gasteiger partial charge in [-0.05, 0) is 17.7 Å². The van der Waals surface area contributed by atoms with Crippen molar-refractivity contribution in [3.63, 3.8) is 0 Å². The van der Waals surface area contributed by atoms with Crippen LogP contribution < -0.4 is 5.32 Å². The molecule has 21 heavy (non-hydrogen) atoms. The molecule has 0 unspecified atom stereocenters. The molecule has 0 spiro atoms. The van der Waals surface area contributed by atoms with Crippen LogP contribution in [0.3, 0.4) is 0 Å². The van der Waals surface area contributed by atoms with Crippen LogP contribution in [-0.4, -0.2) is 56.0 Å². The number of halogens is 1. The van der Waals surface area contributed by atoms with E-state index in [0.717, 1.165) is 43.6 Å². The van der Waals surface area contributed by atoms with Gasteiger partial charge in [0.25, 0.3) is 0 Å². The Morgan fingerprint density at radius 2 is 2.00 bits per heavy atom. The molecular formula is C15H21ClN2O2S. The molecule has 1 N–H and O–H groups in total. The van der Waals surface area contributed by atoms with Gasteiger partial charge in [0.1, 0.15) is 0 Å². The second kappa shape index (κ2) is 9.30. The highest BCUT2D eigenvalue weighted by atomic mass is 35.5. The number of ether oxygens (including phenoxy) is 1. The lowest BCUT2D eigenvalue weighted by Gasteiger charge is -2.26. The van der Waals surface area contributed by atoms with Crippen LogP contribution >= 0.6 is 23.4 Å². The van der Waals surface area contributed by atoms with Gasteiger partial charge in [0.15, 0.2) is 0 Å². The number of rotatable bonds is 7. The zero-order valence-corrected chi connectivity index (χ0v) is 13.6. The van der Waals surface area contributed by atoms with Gasteiger partial charge < -0.3 is 10.1 Å². The zero-order valence-electron chi connectivity index (χ0n) is 12.0. The van der Waals surface area contributed by atoms with Crippen LogP contribution in [0.5, 0.6) is 0 Å². The van der Waals surface area contributed by atoms with E-state index in [0.29, 0.717) is 12.3 Å². The van der Waals surface area contributed by atoms with Gasteiger partial charge in [0.2, 0.25) is 5.91 Å². The number of benzene rings is 1. The molecule has 0 radical (unpaired) electrons. The van der Waals surface area contributed by atoms with Crippen LogP contribution in [0, 0.1) is 0 Å². The van der Waals surface area contributed by atoms with E-state index in [1.54, 1.807) is 11.8 Å². The summed E-state index contributed by atoms with van der Waals surface area (Å²) >= 11 is 7.45. The minimum atomic E-state index is 0.0993. The van der Waals surface area contributed by atoms with Gasteiger partial charge >= 0.3 is 0 Å². The van der Waals surface area contributed by atoms with Crippen molar-refractivity contribution in [3.05, 3.63) is 34.9 Å². The van der Waals surface area contributed by atoms with Crippen molar-refractivity contribution < 1.29 is 9.53 Å². The lowest BCUT2D eigenvalue weighted by atomic mass is 10.2. The number of amides is 1. The Labute approximate surface area is 135 Å². The number of hydrogen-bond acceptors (Lipinski definition) is 4. The molecule has 1 aliphatic heterocycles. The molecule has 0 bridgehead atoms. The summed E-state index contributed by atoms with van der Waals surface area (Å²) < 4.78 is 5.29. The largest absolute Gasteiger partial charge is 0.379 e. The molecule has 1 aromatic carbocycles. The molecule has 1 saturated heterocycles. The number of nitrogens with zero attached hydrogens (tertiary/aromatic N) is 1. The Balaban J connectivity index is 1.54. The molecule has 1 aromatic rings. The highest BCUT2D eigenvalue weighted by molar-refractivity contribution is 7.99. The van der Waals surface area contributed by atoms with Crippen molar-refractivity contribution in [1.29, 1.82) is 0 Å². The zero-order chi connectivity index (χ0) is 14.9. The van der Waals surface area contributed by atoms with Crippen molar-refractivity contribution in [2.45, 2.75) is 5.75 Å². The van der Waals surface area contributed by atoms with E-state index in [4.69, 9.17) is 16.3 Å². The predicted molar refractivity (Wildman–Crippen MR) is 87.9 cm³/mol. The quantitative estimate of drug-likeness (QED) is 0.831. The normalized spacial score (nSPS) is 15.9. The average molecular weight is 329 g/mol. The van der Waals surface area contributed by atoms with Crippen LogP contribution in [0.4, 0.5) is 0 Å². The smallest absolute Gasteiger partial charge is 0.230 e. The maximum Gasteiger partial charge on any atom is 0.230 e. The summed E-state index contributed by atoms with van der Waals surface area (Å²) in [6.45, 7) is 5.12. The third kappa shape index (κ3) is 6.70. The third-order valence-corrected chi connectivity index (χ3v) is 4.52. The van der Waals surface area contributed by atoms with Gasteiger partial charge in [0.05, 0.1) is 19.0 Å². The molecule has 2 rings (SSSR count). The van der Waals surface area contributed by atoms with Gasteiger partial charge in [0, 0.05) is 37.0 Å². The molecule has 116 valence electrons. The van der Waals surface area contributed by atoms with Crippen molar-refractivity contribution >= 4 is 29.3 Å². The van der Waals surface area contributed by atoms with Crippen molar-refractivity contribution in [2.24, 2.45) is 0 Å². The fourth-order valence-corrected chi connectivity index (χ4v) is 3.02. The second-order valence-electron chi connectivity index (χ2n) is 4.92. The van der Waals surface area contributed by atoms with Crippen LogP contribution in [0.2, 0.25) is 5.02 Å². The van der Waals surface area contributed by atoms with Crippen molar-refractivity contribution in [3.8, 4) is 0 Å². The van der Waals surface area contributed by atoms with Gasteiger partial charge in [-0.15, -0.1) is 11.8 Å². The highest BCUT2D eigenvalue weighted by Gasteiger charge is 2.10. The van der Waals surface area contributed by atoms with Gasteiger partial charge in [-0.1, -0.05) is 23.7 Å². The van der Waals surface area contributed by atoms with E-state index in [2.05, 4.69) is 10.2 Å². The van der Waals surface area contributed by atoms with Crippen LogP contribution in [-0.2, 0) is 15.3 Å². The summed E-state index contributed by atoms with van der Waals surface area (Å²) in [6.07, 6.45) is 0. The molecule has 1 fully saturated rings. The van der Waals surface area contributed by atoms with E-state index < -0.39 is 0 Å². The van der Waals surface area contributed by atoms with Crippen LogP contribution in [0.25, 0.3) is 0 Å². The monoisotopic (exact) mass is 328 g/mol. The van der Waals surface area contributed by atoms with Gasteiger partial charge in [-0.3, -0.25) is 9.69 Å². The first-order valence-corrected chi connectivity index (χ1v) is 8.66. The maximum atomic E-state index is 11.7. The number of thioether (sulfide) groups is 1. The maximum absolute atomic E-state index is 11.7. The molecule has 0 atom stereocenters. The first-order chi connectivity index (χ1) is 10.2. The van der Waals surface area contributed by atoms with E-state index in [-0.39, 0.29) is 5.91 Å². The molecule has 0 saturated carbocycles. The number of hydrogen-bond donors (Lipinski definition) is 1. The number of carbonyl (C=O) groups excluding carboxylic acids is 1. The Morgan fingerprint density at radius 3 is 2.71 bits per heavy atom. The number of carbonyl (C=O) groups is 1. The highest BCUT2D eigenvalue weighted by Crippen LogP contribution is 2.15. The Kier molecular flexibility index (Phi) is 7.36. The minimum absolute atomic E-state index is 0.0993. The lowest BCUT2D eigenvalue weighted by molar-refractivity contribution is -0.118. The molecule has 6 heteroatoms. The first kappa shape index (κ1) is 16.6. The molecule has 0 aliphatic carbocycles. The average Bonchev–Trinajstić information content (AvgIpc) is 2.50.